The first-order chi connectivity index (χ1) is 7.22. The molecule has 1 rings (SSSR count). The molecule has 15 heavy (non-hydrogen) atoms. The van der Waals surface area contributed by atoms with Crippen molar-refractivity contribution in [2.45, 2.75) is 13.3 Å². The maximum absolute atomic E-state index is 11.3. The number of nitrogen functional groups attached to an aromatic ring is 1. The minimum absolute atomic E-state index is 0.0955. The van der Waals surface area contributed by atoms with E-state index >= 15 is 0 Å². The summed E-state index contributed by atoms with van der Waals surface area (Å²) in [5, 5.41) is 2.71. The summed E-state index contributed by atoms with van der Waals surface area (Å²) in [6.07, 6.45) is 0.912. The zero-order valence-electron chi connectivity index (χ0n) is 8.82. The second kappa shape index (κ2) is 6.03. The van der Waals surface area contributed by atoms with E-state index < -0.39 is 0 Å². The van der Waals surface area contributed by atoms with E-state index in [0.717, 1.165) is 12.1 Å². The van der Waals surface area contributed by atoms with Gasteiger partial charge in [0.1, 0.15) is 6.61 Å². The second-order valence-electron chi connectivity index (χ2n) is 3.22. The lowest BCUT2D eigenvalue weighted by atomic mass is 10.3. The fourth-order valence-electron chi connectivity index (χ4n) is 1.07. The molecule has 0 spiro atoms. The van der Waals surface area contributed by atoms with Gasteiger partial charge >= 0.3 is 0 Å². The number of hydrogen-bond donors (Lipinski definition) is 2. The first-order valence-corrected chi connectivity index (χ1v) is 4.95. The van der Waals surface area contributed by atoms with Crippen molar-refractivity contribution in [2.75, 3.05) is 24.3 Å². The molecule has 4 heteroatoms. The van der Waals surface area contributed by atoms with Gasteiger partial charge in [0.2, 0.25) is 5.91 Å². The number of ether oxygens (including phenoxy) is 1. The highest BCUT2D eigenvalue weighted by atomic mass is 16.5. The van der Waals surface area contributed by atoms with Gasteiger partial charge in [0, 0.05) is 18.0 Å². The third-order valence-corrected chi connectivity index (χ3v) is 1.78. The summed E-state index contributed by atoms with van der Waals surface area (Å²) in [6, 6.07) is 6.99. The summed E-state index contributed by atoms with van der Waals surface area (Å²) in [7, 11) is 0. The number of carbonyl (C=O) groups excluding carboxylic acids is 1. The van der Waals surface area contributed by atoms with Crippen LogP contribution in [0.15, 0.2) is 24.3 Å². The second-order valence-corrected chi connectivity index (χ2v) is 3.22. The van der Waals surface area contributed by atoms with Crippen LogP contribution in [0.1, 0.15) is 13.3 Å². The van der Waals surface area contributed by atoms with Crippen LogP contribution in [0, 0.1) is 0 Å². The molecule has 1 amide bonds. The summed E-state index contributed by atoms with van der Waals surface area (Å²) < 4.78 is 5.10. The van der Waals surface area contributed by atoms with Gasteiger partial charge in [0.05, 0.1) is 0 Å². The van der Waals surface area contributed by atoms with Gasteiger partial charge in [0.25, 0.3) is 0 Å². The smallest absolute Gasteiger partial charge is 0.250 e. The van der Waals surface area contributed by atoms with Crippen LogP contribution >= 0.6 is 0 Å². The van der Waals surface area contributed by atoms with Gasteiger partial charge < -0.3 is 15.8 Å². The number of nitrogens with two attached hydrogens (primary N) is 1. The predicted molar refractivity (Wildman–Crippen MR) is 60.6 cm³/mol. The SMILES string of the molecule is CCCOCC(=O)Nc1ccc(N)cc1. The van der Waals surface area contributed by atoms with E-state index in [1.807, 2.05) is 6.92 Å². The highest BCUT2D eigenvalue weighted by Crippen LogP contribution is 2.09. The first kappa shape index (κ1) is 11.5. The van der Waals surface area contributed by atoms with Crippen LogP contribution in [0.3, 0.4) is 0 Å². The van der Waals surface area contributed by atoms with Crippen molar-refractivity contribution in [3.63, 3.8) is 0 Å². The summed E-state index contributed by atoms with van der Waals surface area (Å²) in [5.74, 6) is -0.145. The number of nitrogens with one attached hydrogen (secondary N) is 1. The van der Waals surface area contributed by atoms with Crippen LogP contribution in [0.5, 0.6) is 0 Å². The summed E-state index contributed by atoms with van der Waals surface area (Å²) >= 11 is 0. The fourth-order valence-corrected chi connectivity index (χ4v) is 1.07. The van der Waals surface area contributed by atoms with E-state index in [9.17, 15) is 4.79 Å². The molecule has 0 aliphatic heterocycles. The molecular weight excluding hydrogens is 192 g/mol. The van der Waals surface area contributed by atoms with E-state index in [2.05, 4.69) is 5.32 Å². The molecule has 0 unspecified atom stereocenters. The van der Waals surface area contributed by atoms with Crippen LogP contribution in [0.4, 0.5) is 11.4 Å². The Morgan fingerprint density at radius 3 is 2.67 bits per heavy atom. The lowest BCUT2D eigenvalue weighted by Gasteiger charge is -2.05. The third-order valence-electron chi connectivity index (χ3n) is 1.78. The lowest BCUT2D eigenvalue weighted by molar-refractivity contribution is -0.120. The summed E-state index contributed by atoms with van der Waals surface area (Å²) in [4.78, 5) is 11.3. The fraction of sp³-hybridized carbons (Fsp3) is 0.364. The standard InChI is InChI=1S/C11H16N2O2/c1-2-7-15-8-11(14)13-10-5-3-9(12)4-6-10/h3-6H,2,7-8,12H2,1H3,(H,13,14). The molecule has 3 N–H and O–H groups in total. The molecule has 1 aromatic carbocycles. The average molecular weight is 208 g/mol. The molecule has 0 aromatic heterocycles. The van der Waals surface area contributed by atoms with Crippen LogP contribution in [0.2, 0.25) is 0 Å². The van der Waals surface area contributed by atoms with Crippen LogP contribution < -0.4 is 11.1 Å². The number of rotatable bonds is 5. The van der Waals surface area contributed by atoms with E-state index in [1.165, 1.54) is 0 Å². The van der Waals surface area contributed by atoms with Gasteiger partial charge in [-0.25, -0.2) is 0 Å². The van der Waals surface area contributed by atoms with Crippen LogP contribution in [-0.4, -0.2) is 19.1 Å². The maximum atomic E-state index is 11.3. The molecular formula is C11H16N2O2. The number of benzene rings is 1. The Hall–Kier alpha value is -1.55. The van der Waals surface area contributed by atoms with Gasteiger partial charge in [-0.2, -0.15) is 0 Å². The van der Waals surface area contributed by atoms with Crippen molar-refractivity contribution in [3.8, 4) is 0 Å². The van der Waals surface area contributed by atoms with Crippen LogP contribution in [0.25, 0.3) is 0 Å². The topological polar surface area (TPSA) is 64.3 Å². The van der Waals surface area contributed by atoms with Crippen molar-refractivity contribution in [2.24, 2.45) is 0 Å². The largest absolute Gasteiger partial charge is 0.399 e. The number of amides is 1. The monoisotopic (exact) mass is 208 g/mol. The Balaban J connectivity index is 2.34. The summed E-state index contributed by atoms with van der Waals surface area (Å²) in [5.41, 5.74) is 6.93. The normalized spacial score (nSPS) is 9.93. The van der Waals surface area contributed by atoms with Crippen molar-refractivity contribution in [1.82, 2.24) is 0 Å². The van der Waals surface area contributed by atoms with Gasteiger partial charge in [-0.1, -0.05) is 6.92 Å². The molecule has 0 fully saturated rings. The van der Waals surface area contributed by atoms with Crippen LogP contribution in [-0.2, 0) is 9.53 Å². The molecule has 0 aliphatic carbocycles. The highest BCUT2D eigenvalue weighted by Gasteiger charge is 2.01. The maximum Gasteiger partial charge on any atom is 0.250 e. The molecule has 0 aliphatic rings. The quantitative estimate of drug-likeness (QED) is 0.571. The molecule has 0 bridgehead atoms. The van der Waals surface area contributed by atoms with Crippen molar-refractivity contribution in [3.05, 3.63) is 24.3 Å². The molecule has 4 nitrogen and oxygen atoms in total. The van der Waals surface area contributed by atoms with Gasteiger partial charge in [-0.3, -0.25) is 4.79 Å². The Labute approximate surface area is 89.4 Å². The molecule has 0 saturated heterocycles. The Kier molecular flexibility index (Phi) is 4.63. The van der Waals surface area contributed by atoms with Crippen molar-refractivity contribution < 1.29 is 9.53 Å². The van der Waals surface area contributed by atoms with Crippen molar-refractivity contribution >= 4 is 17.3 Å². The Bertz CT molecular complexity index is 309. The van der Waals surface area contributed by atoms with Crippen molar-refractivity contribution in [1.29, 1.82) is 0 Å². The summed E-state index contributed by atoms with van der Waals surface area (Å²) in [6.45, 7) is 2.70. The molecule has 0 saturated carbocycles. The number of anilines is 2. The minimum atomic E-state index is -0.145. The zero-order chi connectivity index (χ0) is 11.1. The number of carbonyl (C=O) groups is 1. The third kappa shape index (κ3) is 4.46. The van der Waals surface area contributed by atoms with E-state index in [-0.39, 0.29) is 12.5 Å². The molecule has 0 atom stereocenters. The van der Waals surface area contributed by atoms with Gasteiger partial charge in [0.15, 0.2) is 0 Å². The average Bonchev–Trinajstić information content (AvgIpc) is 2.22. The van der Waals surface area contributed by atoms with Gasteiger partial charge in [-0.15, -0.1) is 0 Å². The molecule has 0 heterocycles. The first-order valence-electron chi connectivity index (χ1n) is 4.95. The number of hydrogen-bond acceptors (Lipinski definition) is 3. The molecule has 1 aromatic rings. The van der Waals surface area contributed by atoms with E-state index in [4.69, 9.17) is 10.5 Å². The Morgan fingerprint density at radius 2 is 2.07 bits per heavy atom. The van der Waals surface area contributed by atoms with E-state index in [1.54, 1.807) is 24.3 Å². The highest BCUT2D eigenvalue weighted by molar-refractivity contribution is 5.91. The molecule has 0 radical (unpaired) electrons. The predicted octanol–water partition coefficient (Wildman–Crippen LogP) is 1.63. The lowest BCUT2D eigenvalue weighted by Crippen LogP contribution is -2.18. The van der Waals surface area contributed by atoms with E-state index in [0.29, 0.717) is 12.3 Å². The minimum Gasteiger partial charge on any atom is -0.399 e. The zero-order valence-corrected chi connectivity index (χ0v) is 8.82. The van der Waals surface area contributed by atoms with Gasteiger partial charge in [-0.05, 0) is 30.7 Å². The Morgan fingerprint density at radius 1 is 1.40 bits per heavy atom. The molecule has 82 valence electrons.